The van der Waals surface area contributed by atoms with Crippen molar-refractivity contribution in [3.8, 4) is 11.3 Å². The number of anilines is 1. The molecule has 0 spiro atoms. The van der Waals surface area contributed by atoms with Gasteiger partial charge in [-0.15, -0.1) is 0 Å². The van der Waals surface area contributed by atoms with E-state index in [-0.39, 0.29) is 23.7 Å². The number of H-pyrrole nitrogens is 1. The van der Waals surface area contributed by atoms with Crippen molar-refractivity contribution in [1.82, 2.24) is 10.3 Å². The minimum Gasteiger partial charge on any atom is -0.395 e. The van der Waals surface area contributed by atoms with Crippen molar-refractivity contribution in [1.29, 1.82) is 0 Å². The first-order valence-electron chi connectivity index (χ1n) is 14.9. The van der Waals surface area contributed by atoms with Gasteiger partial charge in [0.05, 0.1) is 23.2 Å². The Labute approximate surface area is 256 Å². The van der Waals surface area contributed by atoms with Crippen LogP contribution >= 0.6 is 11.6 Å². The second-order valence-corrected chi connectivity index (χ2v) is 12.0. The van der Waals surface area contributed by atoms with E-state index < -0.39 is 12.2 Å². The van der Waals surface area contributed by atoms with Crippen molar-refractivity contribution >= 4 is 29.3 Å². The van der Waals surface area contributed by atoms with Gasteiger partial charge in [-0.1, -0.05) is 23.7 Å². The van der Waals surface area contributed by atoms with E-state index in [0.29, 0.717) is 48.0 Å². The first-order chi connectivity index (χ1) is 20.7. The molecule has 1 saturated carbocycles. The minimum atomic E-state index is -1.15. The number of halogens is 2. The highest BCUT2D eigenvalue weighted by Crippen LogP contribution is 2.34. The van der Waals surface area contributed by atoms with Gasteiger partial charge < -0.3 is 36.9 Å². The van der Waals surface area contributed by atoms with Crippen molar-refractivity contribution in [2.24, 2.45) is 27.4 Å². The molecular weight excluding hydrogens is 569 g/mol. The van der Waals surface area contributed by atoms with Gasteiger partial charge in [-0.05, 0) is 92.8 Å². The third kappa shape index (κ3) is 8.01. The largest absolute Gasteiger partial charge is 0.395 e. The number of hydrogen-bond acceptors (Lipinski definition) is 7. The summed E-state index contributed by atoms with van der Waals surface area (Å²) in [5.41, 5.74) is 16.0. The first-order valence-corrected chi connectivity index (χ1v) is 15.3. The molecule has 3 atom stereocenters. The third-order valence-corrected chi connectivity index (χ3v) is 8.37. The van der Waals surface area contributed by atoms with Crippen LogP contribution in [0.1, 0.15) is 50.2 Å². The molecule has 1 aromatic heterocycles. The summed E-state index contributed by atoms with van der Waals surface area (Å²) in [4.78, 5) is 13.4. The maximum Gasteiger partial charge on any atom is 0.231 e. The number of aliphatic hydroxyl groups is 2. The molecule has 230 valence electrons. The molecule has 5 rings (SSSR count). The first kappa shape index (κ1) is 31.2. The van der Waals surface area contributed by atoms with Gasteiger partial charge in [0.1, 0.15) is 5.49 Å². The van der Waals surface area contributed by atoms with E-state index in [9.17, 15) is 10.2 Å². The number of aryl methyl sites for hydroxylation is 1. The predicted octanol–water partition coefficient (Wildman–Crippen LogP) is 2.91. The minimum absolute atomic E-state index is 0.00410. The molecule has 0 bridgehead atoms. The van der Waals surface area contributed by atoms with E-state index in [1.165, 1.54) is 12.8 Å². The van der Waals surface area contributed by atoms with Gasteiger partial charge >= 0.3 is 0 Å². The lowest BCUT2D eigenvalue weighted by molar-refractivity contribution is 0.186. The fourth-order valence-corrected chi connectivity index (χ4v) is 5.64. The average Bonchev–Trinajstić information content (AvgIpc) is 3.76. The number of aromatic nitrogens is 1. The van der Waals surface area contributed by atoms with Crippen LogP contribution in [-0.2, 0) is 13.0 Å². The van der Waals surface area contributed by atoms with Crippen LogP contribution in [0.5, 0.6) is 0 Å². The Kier molecular flexibility index (Phi) is 10.1. The maximum atomic E-state index is 15.2. The van der Waals surface area contributed by atoms with Crippen LogP contribution in [0, 0.1) is 11.7 Å². The van der Waals surface area contributed by atoms with E-state index in [4.69, 9.17) is 23.1 Å². The quantitative estimate of drug-likeness (QED) is 0.122. The van der Waals surface area contributed by atoms with Crippen LogP contribution < -0.4 is 32.4 Å². The molecule has 1 aliphatic carbocycles. The molecule has 9 nitrogen and oxygen atoms in total. The zero-order chi connectivity index (χ0) is 30.5. The highest BCUT2D eigenvalue weighted by molar-refractivity contribution is 6.31. The normalized spacial score (nSPS) is 18.1. The molecule has 2 heterocycles. The Bertz CT molecular complexity index is 1550. The monoisotopic (exact) mass is 609 g/mol. The summed E-state index contributed by atoms with van der Waals surface area (Å²) < 4.78 is 15.2. The molecule has 43 heavy (non-hydrogen) atoms. The maximum absolute atomic E-state index is 15.2. The molecule has 1 aliphatic heterocycles. The summed E-state index contributed by atoms with van der Waals surface area (Å²) in [7, 11) is 0. The Morgan fingerprint density at radius 2 is 1.98 bits per heavy atom. The van der Waals surface area contributed by atoms with E-state index in [1.807, 2.05) is 36.4 Å². The topological polar surface area (TPSA) is 148 Å². The summed E-state index contributed by atoms with van der Waals surface area (Å²) in [6, 6.07) is 13.2. The van der Waals surface area contributed by atoms with Crippen LogP contribution in [0.25, 0.3) is 17.5 Å². The van der Waals surface area contributed by atoms with Crippen molar-refractivity contribution in [3.05, 3.63) is 75.1 Å². The Morgan fingerprint density at radius 3 is 2.67 bits per heavy atom. The van der Waals surface area contributed by atoms with Gasteiger partial charge in [0, 0.05) is 47.8 Å². The van der Waals surface area contributed by atoms with E-state index in [1.54, 1.807) is 24.1 Å². The molecule has 0 radical (unpaired) electrons. The van der Waals surface area contributed by atoms with Crippen LogP contribution in [0.15, 0.2) is 52.4 Å². The summed E-state index contributed by atoms with van der Waals surface area (Å²) in [5.74, 6) is 0.690. The summed E-state index contributed by atoms with van der Waals surface area (Å²) in [6.45, 7) is 2.87. The number of fused-ring (bicyclic) bond motifs is 1. The van der Waals surface area contributed by atoms with Crippen LogP contribution in [-0.4, -0.2) is 52.6 Å². The second-order valence-electron chi connectivity index (χ2n) is 11.6. The number of aromatic amines is 1. The van der Waals surface area contributed by atoms with Crippen molar-refractivity contribution < 1.29 is 14.6 Å². The van der Waals surface area contributed by atoms with E-state index in [0.717, 1.165) is 41.3 Å². The highest BCUT2D eigenvalue weighted by Gasteiger charge is 2.28. The van der Waals surface area contributed by atoms with E-state index in [2.05, 4.69) is 20.3 Å². The number of nitrogens with two attached hydrogens (primary N) is 2. The van der Waals surface area contributed by atoms with E-state index >= 15 is 4.39 Å². The fraction of sp³-hybridized carbons (Fsp3) is 0.438. The average molecular weight is 610 g/mol. The lowest BCUT2D eigenvalue weighted by atomic mass is 10.00. The number of nitrogens with one attached hydrogen (secondary N) is 2. The molecule has 3 aromatic rings. The van der Waals surface area contributed by atoms with Crippen molar-refractivity contribution in [2.45, 2.75) is 70.4 Å². The Balaban J connectivity index is 1.27. The number of amidine groups is 1. The molecule has 2 aromatic carbocycles. The zero-order valence-electron chi connectivity index (χ0n) is 24.4. The third-order valence-electron chi connectivity index (χ3n) is 8.09. The summed E-state index contributed by atoms with van der Waals surface area (Å²) >= 11 is 6.30. The highest BCUT2D eigenvalue weighted by atomic mass is 35.5. The molecule has 2 aliphatic rings. The predicted molar refractivity (Wildman–Crippen MR) is 170 cm³/mol. The number of rotatable bonds is 14. The van der Waals surface area contributed by atoms with Crippen molar-refractivity contribution in [2.75, 3.05) is 18.1 Å². The van der Waals surface area contributed by atoms with Crippen LogP contribution in [0.2, 0.25) is 5.02 Å². The number of aliphatic imine (C=N–C) groups is 1. The van der Waals surface area contributed by atoms with Gasteiger partial charge in [0.15, 0.2) is 5.82 Å². The fourth-order valence-electron chi connectivity index (χ4n) is 5.40. The van der Waals surface area contributed by atoms with Crippen LogP contribution in [0.3, 0.4) is 0 Å². The molecule has 0 saturated heterocycles. The number of aliphatic hydroxyl groups excluding tert-OH is 2. The number of hydrogen-bond donors (Lipinski definition) is 6. The summed E-state index contributed by atoms with van der Waals surface area (Å²) in [5, 5.41) is 24.6. The summed E-state index contributed by atoms with van der Waals surface area (Å²) in [6.07, 6.45) is 6.40. The zero-order valence-corrected chi connectivity index (χ0v) is 25.2. The lowest BCUT2D eigenvalue weighted by Gasteiger charge is -2.25. The van der Waals surface area contributed by atoms with Crippen molar-refractivity contribution in [3.63, 3.8) is 0 Å². The Morgan fingerprint density at radius 1 is 1.21 bits per heavy atom. The molecule has 1 unspecified atom stereocenters. The number of nitrogens with zero attached hydrogens (tertiary/aromatic N) is 3. The van der Waals surface area contributed by atoms with Gasteiger partial charge in [0.2, 0.25) is 6.35 Å². The van der Waals surface area contributed by atoms with Gasteiger partial charge in [-0.2, -0.15) is 0 Å². The number of benzene rings is 2. The SMILES string of the molecule is CC(N)=NCC[C@H](CO)NCc1ccc(N2C=c3cc(-c4cc(CCC[C@@H](N)C5CC5)cc(Cl)c4F)[nH]c3=NC2O)cc1. The second kappa shape index (κ2) is 14.0. The van der Waals surface area contributed by atoms with Gasteiger partial charge in [-0.25, -0.2) is 9.38 Å². The molecular formula is C32H41ClFN7O2. The van der Waals surface area contributed by atoms with Crippen LogP contribution in [0.4, 0.5) is 10.1 Å². The smallest absolute Gasteiger partial charge is 0.231 e. The van der Waals surface area contributed by atoms with Gasteiger partial charge in [-0.3, -0.25) is 4.99 Å². The Hall–Kier alpha value is -3.28. The molecule has 8 N–H and O–H groups in total. The molecule has 0 amide bonds. The standard InChI is InChI=1S/C32H41ClFN7O2/c1-19(35)37-12-11-24(18-42)38-16-20-5-9-25(10-6-20)41-17-23-15-29(39-31(23)40-32(41)43)26-13-21(14-27(33)30(26)34)3-2-4-28(36)22-7-8-22/h5-6,9-10,13-15,17,22,24,28,32,38,42-43H,2-4,7-8,11-12,16,18,36H2,1H3,(H2,35,37)(H,39,40)/t24-,28-,32?/m1/s1. The lowest BCUT2D eigenvalue weighted by Crippen LogP contribution is -2.41. The molecule has 11 heteroatoms. The van der Waals surface area contributed by atoms with Gasteiger partial charge in [0.25, 0.3) is 0 Å². The molecule has 1 fully saturated rings.